The SMILES string of the molecule is CC(COC(=O)O)(OC(=O)O)C(C)(P(=O)(O)O)P(=O)(O)O. The number of carbonyl (C=O) groups is 2. The lowest BCUT2D eigenvalue weighted by molar-refractivity contribution is -0.0648. The lowest BCUT2D eigenvalue weighted by Gasteiger charge is -2.43. The van der Waals surface area contributed by atoms with E-state index in [2.05, 4.69) is 9.47 Å². The molecule has 0 aromatic rings. The molecule has 0 aliphatic carbocycles. The van der Waals surface area contributed by atoms with Gasteiger partial charge in [0.25, 0.3) is 0 Å². The van der Waals surface area contributed by atoms with Crippen LogP contribution in [0.2, 0.25) is 0 Å². The van der Waals surface area contributed by atoms with E-state index in [4.69, 9.17) is 10.2 Å². The average molecular weight is 352 g/mol. The fourth-order valence-electron chi connectivity index (χ4n) is 1.44. The highest BCUT2D eigenvalue weighted by Crippen LogP contribution is 2.73. The molecule has 21 heavy (non-hydrogen) atoms. The van der Waals surface area contributed by atoms with Crippen molar-refractivity contribution in [2.24, 2.45) is 0 Å². The van der Waals surface area contributed by atoms with Crippen molar-refractivity contribution < 1.29 is 58.0 Å². The molecule has 0 radical (unpaired) electrons. The lowest BCUT2D eigenvalue weighted by atomic mass is 10.0. The van der Waals surface area contributed by atoms with E-state index in [0.29, 0.717) is 13.8 Å². The van der Waals surface area contributed by atoms with E-state index in [1.54, 1.807) is 0 Å². The summed E-state index contributed by atoms with van der Waals surface area (Å²) in [5.41, 5.74) is -2.85. The third-order valence-corrected chi connectivity index (χ3v) is 7.70. The van der Waals surface area contributed by atoms with Gasteiger partial charge in [-0.1, -0.05) is 0 Å². The Hall–Kier alpha value is -1.16. The van der Waals surface area contributed by atoms with Crippen LogP contribution in [0.3, 0.4) is 0 Å². The van der Waals surface area contributed by atoms with Crippen LogP contribution >= 0.6 is 15.2 Å². The maximum atomic E-state index is 11.5. The van der Waals surface area contributed by atoms with Crippen molar-refractivity contribution in [2.45, 2.75) is 24.3 Å². The summed E-state index contributed by atoms with van der Waals surface area (Å²) in [6.07, 6.45) is -4.10. The first-order valence-electron chi connectivity index (χ1n) is 4.97. The Labute approximate surface area is 117 Å². The zero-order valence-electron chi connectivity index (χ0n) is 10.7. The topological polar surface area (TPSA) is 208 Å². The maximum Gasteiger partial charge on any atom is 0.506 e. The maximum absolute atomic E-state index is 11.5. The van der Waals surface area contributed by atoms with Crippen LogP contribution in [0.15, 0.2) is 0 Å². The number of rotatable bonds is 6. The summed E-state index contributed by atoms with van der Waals surface area (Å²) in [4.78, 5) is 54.5. The first kappa shape index (κ1) is 19.8. The van der Waals surface area contributed by atoms with Crippen molar-refractivity contribution in [1.82, 2.24) is 0 Å². The molecule has 124 valence electrons. The summed E-state index contributed by atoms with van der Waals surface area (Å²) in [7, 11) is -11.3. The van der Waals surface area contributed by atoms with Crippen molar-refractivity contribution in [3.63, 3.8) is 0 Å². The molecule has 0 aliphatic rings. The molecule has 0 saturated heterocycles. The third kappa shape index (κ3) is 3.94. The van der Waals surface area contributed by atoms with Gasteiger partial charge in [-0.3, -0.25) is 9.13 Å². The number of ether oxygens (including phenoxy) is 2. The first-order chi connectivity index (χ1) is 9.08. The fraction of sp³-hybridized carbons (Fsp3) is 0.714. The molecule has 0 fully saturated rings. The molecular formula is C7H14O12P2. The lowest BCUT2D eigenvalue weighted by Crippen LogP contribution is -2.55. The quantitative estimate of drug-likeness (QED) is 0.280. The Bertz CT molecular complexity index is 494. The van der Waals surface area contributed by atoms with E-state index >= 15 is 0 Å². The largest absolute Gasteiger partial charge is 0.506 e. The summed E-state index contributed by atoms with van der Waals surface area (Å²) in [5, 5.41) is 16.9. The van der Waals surface area contributed by atoms with Gasteiger partial charge >= 0.3 is 27.5 Å². The van der Waals surface area contributed by atoms with Gasteiger partial charge in [-0.15, -0.1) is 0 Å². The van der Waals surface area contributed by atoms with E-state index < -0.39 is 44.6 Å². The molecule has 0 bridgehead atoms. The van der Waals surface area contributed by atoms with Crippen molar-refractivity contribution in [2.75, 3.05) is 6.61 Å². The summed E-state index contributed by atoms with van der Waals surface area (Å²) in [6.45, 7) is -0.369. The Morgan fingerprint density at radius 3 is 1.57 bits per heavy atom. The number of hydrogen-bond acceptors (Lipinski definition) is 6. The Morgan fingerprint density at radius 2 is 1.33 bits per heavy atom. The second-order valence-corrected chi connectivity index (χ2v) is 8.58. The molecule has 0 aliphatic heterocycles. The molecular weight excluding hydrogens is 338 g/mol. The predicted molar refractivity (Wildman–Crippen MR) is 64.0 cm³/mol. The Morgan fingerprint density at radius 1 is 0.952 bits per heavy atom. The summed E-state index contributed by atoms with van der Waals surface area (Å²) >= 11 is 0. The molecule has 0 aromatic heterocycles. The normalized spacial score (nSPS) is 15.9. The van der Waals surface area contributed by atoms with Gasteiger partial charge in [-0.05, 0) is 13.8 Å². The zero-order valence-corrected chi connectivity index (χ0v) is 12.5. The van der Waals surface area contributed by atoms with Crippen LogP contribution in [-0.4, -0.2) is 59.2 Å². The van der Waals surface area contributed by atoms with Gasteiger partial charge in [-0.2, -0.15) is 0 Å². The van der Waals surface area contributed by atoms with Gasteiger partial charge in [0.1, 0.15) is 6.61 Å². The molecule has 1 unspecified atom stereocenters. The minimum Gasteiger partial charge on any atom is -0.450 e. The minimum absolute atomic E-state index is 0.378. The van der Waals surface area contributed by atoms with E-state index in [0.717, 1.165) is 0 Å². The van der Waals surface area contributed by atoms with E-state index in [1.807, 2.05) is 0 Å². The molecule has 0 heterocycles. The number of carboxylic acid groups (broad SMARTS) is 2. The van der Waals surface area contributed by atoms with E-state index in [1.165, 1.54) is 0 Å². The smallest absolute Gasteiger partial charge is 0.450 e. The molecule has 1 atom stereocenters. The summed E-state index contributed by atoms with van der Waals surface area (Å²) < 4.78 is 31.1. The van der Waals surface area contributed by atoms with Gasteiger partial charge in [-0.25, -0.2) is 9.59 Å². The third-order valence-electron chi connectivity index (χ3n) is 2.92. The highest BCUT2D eigenvalue weighted by Gasteiger charge is 2.70. The van der Waals surface area contributed by atoms with E-state index in [-0.39, 0.29) is 0 Å². The van der Waals surface area contributed by atoms with Crippen LogP contribution in [0.4, 0.5) is 9.59 Å². The predicted octanol–water partition coefficient (Wildman–Crippen LogP) is 0.206. The molecule has 0 rings (SSSR count). The number of hydrogen-bond donors (Lipinski definition) is 6. The Balaban J connectivity index is 6.17. The van der Waals surface area contributed by atoms with Crippen molar-refractivity contribution in [3.05, 3.63) is 0 Å². The first-order valence-corrected chi connectivity index (χ1v) is 8.20. The Kier molecular flexibility index (Phi) is 5.59. The van der Waals surface area contributed by atoms with Crippen molar-refractivity contribution >= 4 is 27.5 Å². The molecule has 0 spiro atoms. The van der Waals surface area contributed by atoms with Gasteiger partial charge in [0.05, 0.1) is 0 Å². The average Bonchev–Trinajstić information content (AvgIpc) is 2.21. The van der Waals surface area contributed by atoms with Crippen molar-refractivity contribution in [3.8, 4) is 0 Å². The van der Waals surface area contributed by atoms with Crippen LogP contribution < -0.4 is 0 Å². The monoisotopic (exact) mass is 352 g/mol. The summed E-state index contributed by atoms with van der Waals surface area (Å²) in [5.74, 6) is 0. The molecule has 6 N–H and O–H groups in total. The second-order valence-electron chi connectivity index (χ2n) is 4.26. The zero-order chi connectivity index (χ0) is 17.3. The molecule has 0 saturated carbocycles. The molecule has 0 aromatic carbocycles. The molecule has 12 nitrogen and oxygen atoms in total. The minimum atomic E-state index is -5.67. The standard InChI is InChI=1S/C7H14O12P2/c1-6(19-5(10)11,3-18-4(8)9)7(2,20(12,13)14)21(15,16)17/h3H2,1-2H3,(H,8,9)(H,10,11)(H2,12,13,14)(H2,15,16,17). The van der Waals surface area contributed by atoms with Crippen LogP contribution in [0.1, 0.15) is 13.8 Å². The van der Waals surface area contributed by atoms with Gasteiger partial charge in [0, 0.05) is 0 Å². The molecule has 0 amide bonds. The van der Waals surface area contributed by atoms with Crippen LogP contribution in [0, 0.1) is 0 Å². The van der Waals surface area contributed by atoms with E-state index in [9.17, 15) is 38.3 Å². The van der Waals surface area contributed by atoms with Gasteiger partial charge in [0.2, 0.25) is 4.90 Å². The second kappa shape index (κ2) is 5.91. The van der Waals surface area contributed by atoms with Gasteiger partial charge < -0.3 is 39.3 Å². The van der Waals surface area contributed by atoms with Crippen molar-refractivity contribution in [1.29, 1.82) is 0 Å². The van der Waals surface area contributed by atoms with Crippen LogP contribution in [-0.2, 0) is 18.6 Å². The summed E-state index contributed by atoms with van der Waals surface area (Å²) in [6, 6.07) is 0. The highest BCUT2D eigenvalue weighted by atomic mass is 31.2. The van der Waals surface area contributed by atoms with Crippen LogP contribution in [0.25, 0.3) is 0 Å². The fourth-order valence-corrected chi connectivity index (χ4v) is 4.25. The highest BCUT2D eigenvalue weighted by molar-refractivity contribution is 7.72. The molecule has 14 heteroatoms. The van der Waals surface area contributed by atoms with Crippen LogP contribution in [0.5, 0.6) is 0 Å². The van der Waals surface area contributed by atoms with Gasteiger partial charge in [0.15, 0.2) is 5.60 Å².